The zero-order chi connectivity index (χ0) is 35.9. The highest BCUT2D eigenvalue weighted by atomic mass is 35.5. The molecule has 0 unspecified atom stereocenters. The molecule has 2 aliphatic heterocycles. The van der Waals surface area contributed by atoms with Gasteiger partial charge in [-0.15, -0.1) is 11.6 Å². The second-order valence-electron chi connectivity index (χ2n) is 11.6. The predicted molar refractivity (Wildman–Crippen MR) is 187 cm³/mol. The van der Waals surface area contributed by atoms with Crippen molar-refractivity contribution in [1.82, 2.24) is 0 Å². The quantitative estimate of drug-likeness (QED) is 0.0313. The molecule has 270 valence electrons. The van der Waals surface area contributed by atoms with E-state index in [4.69, 9.17) is 52.8 Å². The fraction of sp³-hybridized carbons (Fsp3) is 0.0541. The van der Waals surface area contributed by atoms with Crippen molar-refractivity contribution in [2.75, 3.05) is 10.6 Å². The topological polar surface area (TPSA) is 215 Å². The van der Waals surface area contributed by atoms with Crippen molar-refractivity contribution >= 4 is 52.8 Å². The lowest BCUT2D eigenvalue weighted by atomic mass is 9.77. The van der Waals surface area contributed by atoms with Crippen LogP contribution in [0.2, 0.25) is 0 Å². The molecular formula is C37H29Cl3N6O7. The molecular weight excluding hydrogens is 747 g/mol. The Labute approximate surface area is 319 Å². The average molecular weight is 776 g/mol. The van der Waals surface area contributed by atoms with E-state index in [2.05, 4.69) is 10.6 Å². The van der Waals surface area contributed by atoms with E-state index in [0.29, 0.717) is 33.6 Å². The van der Waals surface area contributed by atoms with Crippen molar-refractivity contribution < 1.29 is 69.0 Å². The first-order chi connectivity index (χ1) is 24.5. The van der Waals surface area contributed by atoms with Crippen LogP contribution in [0, 0.1) is 0 Å². The van der Waals surface area contributed by atoms with Crippen LogP contribution in [-0.4, -0.2) is 29.8 Å². The van der Waals surface area contributed by atoms with E-state index in [0.717, 1.165) is 5.56 Å². The molecule has 0 atom stereocenters. The van der Waals surface area contributed by atoms with Crippen LogP contribution in [-0.2, 0) is 16.2 Å². The van der Waals surface area contributed by atoms with Crippen LogP contribution in [0.25, 0.3) is 0 Å². The van der Waals surface area contributed by atoms with Crippen LogP contribution in [0.5, 0.6) is 23.0 Å². The predicted octanol–water partition coefficient (Wildman–Crippen LogP) is -3.59. The number of hydrogen-bond acceptors (Lipinski definition) is 7. The number of benzene rings is 5. The van der Waals surface area contributed by atoms with Crippen LogP contribution in [0.4, 0.5) is 11.4 Å². The summed E-state index contributed by atoms with van der Waals surface area (Å²) in [6.07, 6.45) is 0. The Balaban J connectivity index is 0.00000271. The molecule has 1 spiro atoms. The fourth-order valence-electron chi connectivity index (χ4n) is 5.99. The average Bonchev–Trinajstić information content (AvgIpc) is 3.39. The van der Waals surface area contributed by atoms with Gasteiger partial charge in [0, 0.05) is 34.7 Å². The zero-order valence-electron chi connectivity index (χ0n) is 27.3. The molecule has 13 nitrogen and oxygen atoms in total. The molecule has 0 saturated heterocycles. The highest BCUT2D eigenvalue weighted by Gasteiger charge is 2.53. The van der Waals surface area contributed by atoms with Crippen molar-refractivity contribution in [3.05, 3.63) is 142 Å². The maximum atomic E-state index is 13.4. The molecule has 0 aliphatic carbocycles. The van der Waals surface area contributed by atoms with Crippen LogP contribution >= 0.6 is 11.6 Å². The Hall–Kier alpha value is -6.28. The molecule has 0 amide bonds. The van der Waals surface area contributed by atoms with E-state index in [1.165, 1.54) is 12.1 Å². The normalized spacial score (nSPS) is 12.6. The van der Waals surface area contributed by atoms with Gasteiger partial charge in [-0.05, 0) is 84.4 Å². The Morgan fingerprint density at radius 3 is 1.57 bits per heavy atom. The molecule has 0 fully saturated rings. The lowest BCUT2D eigenvalue weighted by Crippen LogP contribution is -3.00. The number of nitrogens with one attached hydrogen (secondary N) is 2. The van der Waals surface area contributed by atoms with Crippen molar-refractivity contribution in [2.24, 2.45) is 11.5 Å². The summed E-state index contributed by atoms with van der Waals surface area (Å²) in [6, 6.07) is 27.6. The summed E-state index contributed by atoms with van der Waals surface area (Å²) >= 11 is 6.09. The van der Waals surface area contributed by atoms with E-state index in [1.807, 2.05) is 6.07 Å². The highest BCUT2D eigenvalue weighted by Crippen LogP contribution is 2.57. The molecule has 53 heavy (non-hydrogen) atoms. The lowest BCUT2D eigenvalue weighted by molar-refractivity contribution is -0.116. The Kier molecular flexibility index (Phi) is 10.8. The van der Waals surface area contributed by atoms with Crippen molar-refractivity contribution in [3.8, 4) is 23.0 Å². The fourth-order valence-corrected chi connectivity index (χ4v) is 6.16. The van der Waals surface area contributed by atoms with E-state index in [1.54, 1.807) is 84.9 Å². The van der Waals surface area contributed by atoms with Crippen molar-refractivity contribution in [1.29, 1.82) is 0 Å². The summed E-state index contributed by atoms with van der Waals surface area (Å²) < 4.78 is 24.0. The number of carbonyl (C=O) groups excluding carboxylic acids is 3. The van der Waals surface area contributed by atoms with E-state index in [9.17, 15) is 14.4 Å². The Morgan fingerprint density at radius 1 is 0.679 bits per heavy atom. The van der Waals surface area contributed by atoms with Gasteiger partial charge in [-0.3, -0.25) is 22.3 Å². The second-order valence-corrected chi connectivity index (χ2v) is 11.9. The largest absolute Gasteiger partial charge is 1.00 e. The maximum Gasteiger partial charge on any atom is 0.343 e. The van der Waals surface area contributed by atoms with Gasteiger partial charge in [0.05, 0.1) is 28.1 Å². The zero-order valence-corrected chi connectivity index (χ0v) is 29.6. The maximum absolute atomic E-state index is 13.4. The standard InChI is InChI=1S/C37H27ClN6O7.2ClH/c38-18-19-1-12-27-26(15-19)34(47)51-37(27)28-13-10-24(48-32(45)20-2-6-22(7-3-20)43-35(39)40)16-30(28)50-31-17-25(11-14-29(31)37)49-33(46)21-4-8-23(9-5-21)44-36(41)42;;/h1-17H,18H2,(H4,39,40,43)(H4,41,42,44);2*1H. The highest BCUT2D eigenvalue weighted by molar-refractivity contribution is 6.17. The van der Waals surface area contributed by atoms with Crippen LogP contribution < -0.4 is 71.9 Å². The number of nitrogens with two attached hydrogens (primary N) is 4. The SMILES string of the molecule is NC(=[NH2+])Nc1ccc(C(=O)Oc2ccc3c(c2)Oc2cc(OC(=O)c4ccc(NC(N)=[NH2+])cc4)ccc2C32OC(=O)c3cc(CCl)ccc32)cc1.[Cl-].[Cl-]. The first kappa shape index (κ1) is 38.0. The lowest BCUT2D eigenvalue weighted by Gasteiger charge is -2.36. The van der Waals surface area contributed by atoms with Crippen LogP contribution in [0.15, 0.2) is 103 Å². The molecule has 10 N–H and O–H groups in total. The summed E-state index contributed by atoms with van der Waals surface area (Å²) in [4.78, 5) is 39.6. The smallest absolute Gasteiger partial charge is 0.343 e. The summed E-state index contributed by atoms with van der Waals surface area (Å²) in [5.74, 6) is -0.795. The third-order valence-corrected chi connectivity index (χ3v) is 8.52. The molecule has 2 heterocycles. The van der Waals surface area contributed by atoms with Gasteiger partial charge < -0.3 is 43.8 Å². The number of ether oxygens (including phenoxy) is 4. The summed E-state index contributed by atoms with van der Waals surface area (Å²) in [5, 5.41) is 16.5. The van der Waals surface area contributed by atoms with Gasteiger partial charge in [0.1, 0.15) is 23.0 Å². The van der Waals surface area contributed by atoms with Gasteiger partial charge in [-0.2, -0.15) is 0 Å². The van der Waals surface area contributed by atoms with Crippen molar-refractivity contribution in [3.63, 3.8) is 0 Å². The number of rotatable bonds is 7. The van der Waals surface area contributed by atoms with E-state index < -0.39 is 23.5 Å². The third-order valence-electron chi connectivity index (χ3n) is 8.21. The number of carbonyl (C=O) groups is 3. The number of hydrogen-bond donors (Lipinski definition) is 6. The minimum atomic E-state index is -1.44. The molecule has 7 rings (SSSR count). The molecule has 16 heteroatoms. The summed E-state index contributed by atoms with van der Waals surface area (Å²) in [6.45, 7) is 0. The van der Waals surface area contributed by atoms with Gasteiger partial charge in [0.15, 0.2) is 5.60 Å². The molecule has 5 aromatic rings. The van der Waals surface area contributed by atoms with E-state index in [-0.39, 0.29) is 76.7 Å². The minimum absolute atomic E-state index is 0. The Morgan fingerprint density at radius 2 is 1.13 bits per heavy atom. The first-order valence-corrected chi connectivity index (χ1v) is 15.9. The minimum Gasteiger partial charge on any atom is -1.00 e. The van der Waals surface area contributed by atoms with Crippen molar-refractivity contribution in [2.45, 2.75) is 11.5 Å². The number of guanidine groups is 2. The second kappa shape index (κ2) is 15.1. The first-order valence-electron chi connectivity index (χ1n) is 15.4. The number of halogens is 3. The van der Waals surface area contributed by atoms with Gasteiger partial charge >= 0.3 is 29.8 Å². The summed E-state index contributed by atoms with van der Waals surface area (Å²) in [7, 11) is 0. The number of alkyl halides is 1. The molecule has 0 aromatic heterocycles. The number of esters is 3. The van der Waals surface area contributed by atoms with Gasteiger partial charge in [0.2, 0.25) is 0 Å². The molecule has 0 radical (unpaired) electrons. The third kappa shape index (κ3) is 7.26. The van der Waals surface area contributed by atoms with E-state index >= 15 is 0 Å². The number of anilines is 2. The van der Waals surface area contributed by atoms with Crippen LogP contribution in [0.1, 0.15) is 53.3 Å². The van der Waals surface area contributed by atoms with Gasteiger partial charge in [0.25, 0.3) is 0 Å². The monoisotopic (exact) mass is 774 g/mol. The molecule has 5 aromatic carbocycles. The number of fused-ring (bicyclic) bond motifs is 6. The van der Waals surface area contributed by atoms with Crippen LogP contribution in [0.3, 0.4) is 0 Å². The molecule has 2 aliphatic rings. The van der Waals surface area contributed by atoms with Gasteiger partial charge in [-0.1, -0.05) is 12.1 Å². The van der Waals surface area contributed by atoms with Gasteiger partial charge in [-0.25, -0.2) is 25.0 Å². The Bertz CT molecular complexity index is 2160. The molecule has 0 saturated carbocycles. The molecule has 0 bridgehead atoms. The summed E-state index contributed by atoms with van der Waals surface area (Å²) in [5.41, 5.74) is 13.9.